The number of hydrogen-bond acceptors (Lipinski definition) is 3. The van der Waals surface area contributed by atoms with Gasteiger partial charge >= 0.3 is 0 Å². The van der Waals surface area contributed by atoms with Crippen molar-refractivity contribution in [1.82, 2.24) is 10.6 Å². The quantitative estimate of drug-likeness (QED) is 0.393. The van der Waals surface area contributed by atoms with Crippen LogP contribution >= 0.6 is 35.6 Å². The largest absolute Gasteiger partial charge is 0.357 e. The van der Waals surface area contributed by atoms with Crippen LogP contribution in [-0.4, -0.2) is 45.0 Å². The zero-order chi connectivity index (χ0) is 16.0. The molecular weight excluding hydrogens is 449 g/mol. The van der Waals surface area contributed by atoms with Crippen molar-refractivity contribution in [2.45, 2.75) is 25.8 Å². The second kappa shape index (κ2) is 9.68. The van der Waals surface area contributed by atoms with E-state index in [2.05, 4.69) is 15.6 Å². The number of benzene rings is 1. The molecule has 1 unspecified atom stereocenters. The molecule has 8 heteroatoms. The molecule has 0 amide bonds. The first-order valence-corrected chi connectivity index (χ1v) is 9.69. The fourth-order valence-corrected chi connectivity index (χ4v) is 4.32. The highest BCUT2D eigenvalue weighted by Crippen LogP contribution is 2.15. The Morgan fingerprint density at radius 1 is 1.39 bits per heavy atom. The van der Waals surface area contributed by atoms with Crippen molar-refractivity contribution < 1.29 is 8.42 Å². The maximum absolute atomic E-state index is 11.5. The summed E-state index contributed by atoms with van der Waals surface area (Å²) in [5.41, 5.74) is 1.06. The summed E-state index contributed by atoms with van der Waals surface area (Å²) in [6.45, 7) is 3.31. The summed E-state index contributed by atoms with van der Waals surface area (Å²) in [5.74, 6) is 1.10. The highest BCUT2D eigenvalue weighted by molar-refractivity contribution is 14.0. The third-order valence-corrected chi connectivity index (χ3v) is 5.66. The van der Waals surface area contributed by atoms with E-state index in [-0.39, 0.29) is 41.5 Å². The Labute approximate surface area is 160 Å². The van der Waals surface area contributed by atoms with Crippen LogP contribution in [0.15, 0.2) is 29.3 Å². The molecule has 1 heterocycles. The Hall–Kier alpha value is -0.540. The monoisotopic (exact) mass is 471 g/mol. The molecule has 1 aromatic carbocycles. The van der Waals surface area contributed by atoms with Crippen molar-refractivity contribution in [3.63, 3.8) is 0 Å². The average molecular weight is 472 g/mol. The second-order valence-corrected chi connectivity index (χ2v) is 7.98. The zero-order valence-corrected chi connectivity index (χ0v) is 17.0. The molecule has 1 aliphatic heterocycles. The Kier molecular flexibility index (Phi) is 8.63. The van der Waals surface area contributed by atoms with E-state index in [4.69, 9.17) is 11.6 Å². The predicted molar refractivity (Wildman–Crippen MR) is 107 cm³/mol. The van der Waals surface area contributed by atoms with E-state index in [1.807, 2.05) is 31.2 Å². The fourth-order valence-electron chi connectivity index (χ4n) is 2.41. The second-order valence-electron chi connectivity index (χ2n) is 5.35. The normalized spacial score (nSPS) is 19.9. The first-order valence-electron chi connectivity index (χ1n) is 7.49. The summed E-state index contributed by atoms with van der Waals surface area (Å²) >= 11 is 6.12. The van der Waals surface area contributed by atoms with Crippen LogP contribution in [-0.2, 0) is 16.3 Å². The molecule has 2 rings (SSSR count). The van der Waals surface area contributed by atoms with Crippen molar-refractivity contribution in [2.24, 2.45) is 4.99 Å². The SMILES string of the molecule is CCNC(=NCCc1ccccc1Cl)NC1CCS(=O)(=O)C1.I. The molecule has 1 atom stereocenters. The van der Waals surface area contributed by atoms with E-state index < -0.39 is 9.84 Å². The predicted octanol–water partition coefficient (Wildman–Crippen LogP) is 2.24. The molecule has 1 saturated heterocycles. The van der Waals surface area contributed by atoms with Gasteiger partial charge in [-0.2, -0.15) is 0 Å². The van der Waals surface area contributed by atoms with Crippen molar-refractivity contribution in [3.8, 4) is 0 Å². The van der Waals surface area contributed by atoms with Crippen LogP contribution in [0.1, 0.15) is 18.9 Å². The molecule has 0 aromatic heterocycles. The van der Waals surface area contributed by atoms with Crippen LogP contribution in [0.3, 0.4) is 0 Å². The number of nitrogens with one attached hydrogen (secondary N) is 2. The lowest BCUT2D eigenvalue weighted by Gasteiger charge is -2.15. The summed E-state index contributed by atoms with van der Waals surface area (Å²) < 4.78 is 23.0. The third kappa shape index (κ3) is 6.84. The number of aliphatic imine (C=N–C) groups is 1. The minimum Gasteiger partial charge on any atom is -0.357 e. The number of guanidine groups is 1. The maximum atomic E-state index is 11.5. The van der Waals surface area contributed by atoms with Crippen molar-refractivity contribution >= 4 is 51.4 Å². The molecule has 130 valence electrons. The molecule has 2 N–H and O–H groups in total. The van der Waals surface area contributed by atoms with Gasteiger partial charge in [-0.3, -0.25) is 4.99 Å². The molecule has 5 nitrogen and oxygen atoms in total. The lowest BCUT2D eigenvalue weighted by molar-refractivity contribution is 0.599. The number of sulfone groups is 1. The van der Waals surface area contributed by atoms with Crippen LogP contribution < -0.4 is 10.6 Å². The molecule has 0 spiro atoms. The van der Waals surface area contributed by atoms with Gasteiger partial charge < -0.3 is 10.6 Å². The van der Waals surface area contributed by atoms with E-state index >= 15 is 0 Å². The van der Waals surface area contributed by atoms with Crippen molar-refractivity contribution in [2.75, 3.05) is 24.6 Å². The van der Waals surface area contributed by atoms with Gasteiger partial charge in [-0.1, -0.05) is 29.8 Å². The minimum atomic E-state index is -2.89. The Balaban J connectivity index is 0.00000264. The molecule has 1 aliphatic rings. The highest BCUT2D eigenvalue weighted by Gasteiger charge is 2.28. The Bertz CT molecular complexity index is 637. The van der Waals surface area contributed by atoms with Gasteiger partial charge in [0.1, 0.15) is 0 Å². The van der Waals surface area contributed by atoms with Crippen LogP contribution in [0.25, 0.3) is 0 Å². The van der Waals surface area contributed by atoms with Crippen LogP contribution in [0, 0.1) is 0 Å². The highest BCUT2D eigenvalue weighted by atomic mass is 127. The van der Waals surface area contributed by atoms with E-state index in [1.165, 1.54) is 0 Å². The van der Waals surface area contributed by atoms with E-state index in [0.29, 0.717) is 18.9 Å². The maximum Gasteiger partial charge on any atom is 0.191 e. The summed E-state index contributed by atoms with van der Waals surface area (Å²) in [4.78, 5) is 4.50. The van der Waals surface area contributed by atoms with Gasteiger partial charge in [0.05, 0.1) is 11.5 Å². The number of hydrogen-bond donors (Lipinski definition) is 2. The first-order chi connectivity index (χ1) is 10.5. The topological polar surface area (TPSA) is 70.6 Å². The van der Waals surface area contributed by atoms with Gasteiger partial charge in [0.15, 0.2) is 15.8 Å². The van der Waals surface area contributed by atoms with E-state index in [1.54, 1.807) is 0 Å². The lowest BCUT2D eigenvalue weighted by Crippen LogP contribution is -2.44. The van der Waals surface area contributed by atoms with Gasteiger partial charge in [-0.05, 0) is 31.4 Å². The number of rotatable bonds is 5. The molecule has 0 aliphatic carbocycles. The molecule has 1 aromatic rings. The first kappa shape index (κ1) is 20.5. The lowest BCUT2D eigenvalue weighted by atomic mass is 10.1. The summed E-state index contributed by atoms with van der Waals surface area (Å²) in [7, 11) is -2.89. The van der Waals surface area contributed by atoms with Crippen molar-refractivity contribution in [1.29, 1.82) is 0 Å². The molecule has 0 radical (unpaired) electrons. The Morgan fingerprint density at radius 2 is 2.13 bits per heavy atom. The van der Waals surface area contributed by atoms with Crippen LogP contribution in [0.2, 0.25) is 5.02 Å². The van der Waals surface area contributed by atoms with Crippen LogP contribution in [0.5, 0.6) is 0 Å². The van der Waals surface area contributed by atoms with Gasteiger partial charge in [0.25, 0.3) is 0 Å². The van der Waals surface area contributed by atoms with E-state index in [9.17, 15) is 8.42 Å². The number of halogens is 2. The number of nitrogens with zero attached hydrogens (tertiary/aromatic N) is 1. The summed E-state index contributed by atoms with van der Waals surface area (Å²) in [5, 5.41) is 7.10. The Morgan fingerprint density at radius 3 is 2.74 bits per heavy atom. The summed E-state index contributed by atoms with van der Waals surface area (Å²) in [6.07, 6.45) is 1.39. The zero-order valence-electron chi connectivity index (χ0n) is 13.1. The van der Waals surface area contributed by atoms with Gasteiger partial charge in [0, 0.05) is 24.2 Å². The smallest absolute Gasteiger partial charge is 0.191 e. The standard InChI is InChI=1S/C15H22ClN3O2S.HI/c1-2-17-15(19-13-8-10-22(20,21)11-13)18-9-7-12-5-3-4-6-14(12)16;/h3-6,13H,2,7-11H2,1H3,(H2,17,18,19);1H. The molecular formula is C15H23ClIN3O2S. The van der Waals surface area contributed by atoms with Crippen LogP contribution in [0.4, 0.5) is 0 Å². The van der Waals surface area contributed by atoms with Gasteiger partial charge in [0.2, 0.25) is 0 Å². The molecule has 1 fully saturated rings. The third-order valence-electron chi connectivity index (χ3n) is 3.53. The van der Waals surface area contributed by atoms with E-state index in [0.717, 1.165) is 23.6 Å². The fraction of sp³-hybridized carbons (Fsp3) is 0.533. The molecule has 23 heavy (non-hydrogen) atoms. The molecule has 0 saturated carbocycles. The summed E-state index contributed by atoms with van der Waals surface area (Å²) in [6, 6.07) is 7.66. The van der Waals surface area contributed by atoms with Gasteiger partial charge in [-0.15, -0.1) is 24.0 Å². The molecule has 0 bridgehead atoms. The average Bonchev–Trinajstić information content (AvgIpc) is 2.80. The van der Waals surface area contributed by atoms with Gasteiger partial charge in [-0.25, -0.2) is 8.42 Å². The minimum absolute atomic E-state index is 0. The van der Waals surface area contributed by atoms with Crippen molar-refractivity contribution in [3.05, 3.63) is 34.9 Å².